The van der Waals surface area contributed by atoms with Crippen LogP contribution in [-0.2, 0) is 0 Å². The molecule has 0 bridgehead atoms. The number of amides is 1. The van der Waals surface area contributed by atoms with E-state index >= 15 is 0 Å². The first-order chi connectivity index (χ1) is 5.54. The number of hydrogen-bond acceptors (Lipinski definition) is 1. The van der Waals surface area contributed by atoms with Crippen molar-refractivity contribution in [2.24, 2.45) is 0 Å². The first kappa shape index (κ1) is 11.3. The van der Waals surface area contributed by atoms with Gasteiger partial charge in [-0.3, -0.25) is 4.90 Å². The van der Waals surface area contributed by atoms with Crippen LogP contribution in [0.3, 0.4) is 0 Å². The Kier molecular flexibility index (Phi) is 4.78. The Morgan fingerprint density at radius 1 is 1.33 bits per heavy atom. The molecule has 0 aromatic rings. The molecule has 0 aliphatic heterocycles. The van der Waals surface area contributed by atoms with Gasteiger partial charge in [0.05, 0.1) is 0 Å². The van der Waals surface area contributed by atoms with Gasteiger partial charge in [0.2, 0.25) is 0 Å². The van der Waals surface area contributed by atoms with Crippen LogP contribution in [0.15, 0.2) is 25.3 Å². The number of carboxylic acid groups (broad SMARTS) is 1. The summed E-state index contributed by atoms with van der Waals surface area (Å²) in [4.78, 5) is 11.4. The molecule has 0 saturated carbocycles. The summed E-state index contributed by atoms with van der Waals surface area (Å²) in [6.45, 7) is 6.70. The van der Waals surface area contributed by atoms with Crippen LogP contribution in [0.1, 0.15) is 0 Å². The minimum atomic E-state index is -1.21. The standard InChI is InChI=1S/C7H9Cl2NO2/c1-3-5(8)10(7(11)12)6(9)4-2/h3-6H,1-2H2,(H,11,12). The molecule has 0 fully saturated rings. The number of halogens is 2. The van der Waals surface area contributed by atoms with E-state index in [-0.39, 0.29) is 0 Å². The van der Waals surface area contributed by atoms with Crippen molar-refractivity contribution in [3.05, 3.63) is 25.3 Å². The molecule has 0 aromatic carbocycles. The third kappa shape index (κ3) is 2.75. The lowest BCUT2D eigenvalue weighted by Gasteiger charge is -2.24. The summed E-state index contributed by atoms with van der Waals surface area (Å²) in [6, 6.07) is 0. The molecule has 3 nitrogen and oxygen atoms in total. The topological polar surface area (TPSA) is 40.5 Å². The largest absolute Gasteiger partial charge is 0.465 e. The fraction of sp³-hybridized carbons (Fsp3) is 0.286. The Hall–Kier alpha value is -0.670. The number of rotatable bonds is 4. The van der Waals surface area contributed by atoms with E-state index in [2.05, 4.69) is 13.2 Å². The fourth-order valence-corrected chi connectivity index (χ4v) is 1.04. The van der Waals surface area contributed by atoms with Gasteiger partial charge in [0.1, 0.15) is 11.0 Å². The van der Waals surface area contributed by atoms with Gasteiger partial charge in [-0.05, 0) is 0 Å². The summed E-state index contributed by atoms with van der Waals surface area (Å²) in [5, 5.41) is 8.64. The number of nitrogens with zero attached hydrogens (tertiary/aromatic N) is 1. The van der Waals surface area contributed by atoms with E-state index in [9.17, 15) is 4.79 Å². The Labute approximate surface area is 80.9 Å². The minimum absolute atomic E-state index is 0.823. The lowest BCUT2D eigenvalue weighted by molar-refractivity contribution is 0.146. The van der Waals surface area contributed by atoms with Crippen molar-refractivity contribution in [1.82, 2.24) is 4.90 Å². The Balaban J connectivity index is 4.52. The van der Waals surface area contributed by atoms with Gasteiger partial charge in [-0.25, -0.2) is 4.79 Å². The van der Waals surface area contributed by atoms with Gasteiger partial charge in [-0.1, -0.05) is 48.5 Å². The maximum Gasteiger partial charge on any atom is 0.410 e. The first-order valence-corrected chi connectivity index (χ1v) is 3.96. The smallest absolute Gasteiger partial charge is 0.410 e. The van der Waals surface area contributed by atoms with Crippen molar-refractivity contribution in [3.8, 4) is 0 Å². The average Bonchev–Trinajstić information content (AvgIpc) is 2.03. The van der Waals surface area contributed by atoms with E-state index < -0.39 is 17.1 Å². The maximum atomic E-state index is 10.6. The minimum Gasteiger partial charge on any atom is -0.465 e. The molecule has 2 unspecified atom stereocenters. The quantitative estimate of drug-likeness (QED) is 0.439. The van der Waals surface area contributed by atoms with E-state index in [4.69, 9.17) is 28.3 Å². The molecular formula is C7H9Cl2NO2. The highest BCUT2D eigenvalue weighted by molar-refractivity contribution is 6.25. The zero-order valence-electron chi connectivity index (χ0n) is 6.28. The van der Waals surface area contributed by atoms with Gasteiger partial charge in [0, 0.05) is 0 Å². The first-order valence-electron chi connectivity index (χ1n) is 3.09. The number of carbonyl (C=O) groups is 1. The van der Waals surface area contributed by atoms with Crippen LogP contribution in [0.2, 0.25) is 0 Å². The van der Waals surface area contributed by atoms with Crippen LogP contribution < -0.4 is 0 Å². The van der Waals surface area contributed by atoms with Crippen LogP contribution in [0.25, 0.3) is 0 Å². The lowest BCUT2D eigenvalue weighted by atomic mass is 10.4. The third-order valence-corrected chi connectivity index (χ3v) is 1.92. The van der Waals surface area contributed by atoms with E-state index in [1.165, 1.54) is 12.2 Å². The van der Waals surface area contributed by atoms with Crippen molar-refractivity contribution in [1.29, 1.82) is 0 Å². The molecular weight excluding hydrogens is 201 g/mol. The van der Waals surface area contributed by atoms with Crippen molar-refractivity contribution in [2.45, 2.75) is 11.0 Å². The van der Waals surface area contributed by atoms with Gasteiger partial charge < -0.3 is 5.11 Å². The summed E-state index contributed by atoms with van der Waals surface area (Å²) in [5.74, 6) is 0. The SMILES string of the molecule is C=CC(Cl)N(C(=O)O)C(Cl)C=C. The molecule has 0 aromatic heterocycles. The van der Waals surface area contributed by atoms with Crippen LogP contribution in [0.5, 0.6) is 0 Å². The van der Waals surface area contributed by atoms with Crippen molar-refractivity contribution in [3.63, 3.8) is 0 Å². The highest BCUT2D eigenvalue weighted by Gasteiger charge is 2.23. The molecule has 12 heavy (non-hydrogen) atoms. The number of alkyl halides is 2. The van der Waals surface area contributed by atoms with Gasteiger partial charge in [-0.2, -0.15) is 0 Å². The molecule has 0 radical (unpaired) electrons. The van der Waals surface area contributed by atoms with Crippen molar-refractivity contribution < 1.29 is 9.90 Å². The summed E-state index contributed by atoms with van der Waals surface area (Å²) in [5.41, 5.74) is -1.69. The zero-order valence-corrected chi connectivity index (χ0v) is 7.79. The Bertz CT molecular complexity index is 182. The van der Waals surface area contributed by atoms with Gasteiger partial charge in [0.15, 0.2) is 0 Å². The molecule has 0 saturated heterocycles. The molecule has 0 aliphatic rings. The van der Waals surface area contributed by atoms with Crippen molar-refractivity contribution >= 4 is 29.3 Å². The molecule has 68 valence electrons. The molecule has 1 amide bonds. The zero-order chi connectivity index (χ0) is 9.72. The Morgan fingerprint density at radius 3 is 1.83 bits per heavy atom. The second kappa shape index (κ2) is 5.06. The molecule has 2 atom stereocenters. The fourth-order valence-electron chi connectivity index (χ4n) is 0.574. The van der Waals surface area contributed by atoms with Gasteiger partial charge in [0.25, 0.3) is 0 Å². The van der Waals surface area contributed by atoms with E-state index in [1.807, 2.05) is 0 Å². The second-order valence-electron chi connectivity index (χ2n) is 1.91. The monoisotopic (exact) mass is 209 g/mol. The van der Waals surface area contributed by atoms with Crippen LogP contribution in [-0.4, -0.2) is 27.1 Å². The highest BCUT2D eigenvalue weighted by atomic mass is 35.5. The van der Waals surface area contributed by atoms with Crippen LogP contribution in [0, 0.1) is 0 Å². The Morgan fingerprint density at radius 2 is 1.67 bits per heavy atom. The molecule has 0 rings (SSSR count). The lowest BCUT2D eigenvalue weighted by Crippen LogP contribution is -2.39. The molecule has 5 heteroatoms. The predicted molar refractivity (Wildman–Crippen MR) is 49.5 cm³/mol. The normalized spacial score (nSPS) is 14.5. The van der Waals surface area contributed by atoms with Gasteiger partial charge >= 0.3 is 6.09 Å². The van der Waals surface area contributed by atoms with Crippen molar-refractivity contribution in [2.75, 3.05) is 0 Å². The third-order valence-electron chi connectivity index (χ3n) is 1.14. The van der Waals surface area contributed by atoms with E-state index in [0.29, 0.717) is 0 Å². The summed E-state index contributed by atoms with van der Waals surface area (Å²) < 4.78 is 0. The molecule has 1 N–H and O–H groups in total. The summed E-state index contributed by atoms with van der Waals surface area (Å²) in [7, 11) is 0. The van der Waals surface area contributed by atoms with Crippen LogP contribution >= 0.6 is 23.2 Å². The predicted octanol–water partition coefficient (Wildman–Crippen LogP) is 2.47. The number of hydrogen-bond donors (Lipinski definition) is 1. The van der Waals surface area contributed by atoms with Crippen LogP contribution in [0.4, 0.5) is 4.79 Å². The average molecular weight is 210 g/mol. The van der Waals surface area contributed by atoms with E-state index in [1.54, 1.807) is 0 Å². The highest BCUT2D eigenvalue weighted by Crippen LogP contribution is 2.14. The summed E-state index contributed by atoms with van der Waals surface area (Å²) >= 11 is 11.2. The van der Waals surface area contributed by atoms with E-state index in [0.717, 1.165) is 4.90 Å². The maximum absolute atomic E-state index is 10.6. The summed E-state index contributed by atoms with van der Waals surface area (Å²) in [6.07, 6.45) is 1.33. The second-order valence-corrected chi connectivity index (χ2v) is 2.80. The van der Waals surface area contributed by atoms with Gasteiger partial charge in [-0.15, -0.1) is 0 Å². The molecule has 0 spiro atoms. The molecule has 0 heterocycles. The molecule has 0 aliphatic carbocycles.